The first-order valence-electron chi connectivity index (χ1n) is 8.22. The maximum atomic E-state index is 12.1. The maximum absolute atomic E-state index is 12.1. The van der Waals surface area contributed by atoms with Crippen LogP contribution in [-0.4, -0.2) is 54.7 Å². The third-order valence-electron chi connectivity index (χ3n) is 3.69. The predicted octanol–water partition coefficient (Wildman–Crippen LogP) is 1.51. The smallest absolute Gasteiger partial charge is 0.222 e. The number of amides is 1. The molecule has 1 aliphatic rings. The van der Waals surface area contributed by atoms with Gasteiger partial charge in [0.05, 0.1) is 6.10 Å². The van der Waals surface area contributed by atoms with Crippen molar-refractivity contribution in [3.63, 3.8) is 0 Å². The average Bonchev–Trinajstić information content (AvgIpc) is 2.41. The summed E-state index contributed by atoms with van der Waals surface area (Å²) in [7, 11) is 0. The first-order valence-corrected chi connectivity index (χ1v) is 8.22. The zero-order valence-corrected chi connectivity index (χ0v) is 14.2. The van der Waals surface area contributed by atoms with Crippen LogP contribution in [0.5, 0.6) is 0 Å². The van der Waals surface area contributed by atoms with E-state index in [-0.39, 0.29) is 17.5 Å². The van der Waals surface area contributed by atoms with Crippen LogP contribution in [0.2, 0.25) is 0 Å². The average molecular weight is 299 g/mol. The Morgan fingerprint density at radius 1 is 1.48 bits per heavy atom. The van der Waals surface area contributed by atoms with E-state index in [2.05, 4.69) is 17.1 Å². The number of likely N-dealkylation sites (tertiary alicyclic amines) is 1. The van der Waals surface area contributed by atoms with E-state index in [1.54, 1.807) is 0 Å². The van der Waals surface area contributed by atoms with Gasteiger partial charge in [-0.15, -0.1) is 0 Å². The third-order valence-corrected chi connectivity index (χ3v) is 3.69. The molecule has 21 heavy (non-hydrogen) atoms. The summed E-state index contributed by atoms with van der Waals surface area (Å²) in [5, 5.41) is 3.02. The van der Waals surface area contributed by atoms with E-state index in [9.17, 15) is 4.79 Å². The standard InChI is InChI=1S/C16H33N3O2/c1-5-9-21-14-7-6-8-19(12-14)13(11-17)10-15(20)18-16(2,3)4/h13-14H,5-12,17H2,1-4H3,(H,18,20). The summed E-state index contributed by atoms with van der Waals surface area (Å²) >= 11 is 0. The van der Waals surface area contributed by atoms with Gasteiger partial charge in [0.1, 0.15) is 0 Å². The van der Waals surface area contributed by atoms with Gasteiger partial charge in [0.2, 0.25) is 5.91 Å². The van der Waals surface area contributed by atoms with Crippen LogP contribution in [0.25, 0.3) is 0 Å². The van der Waals surface area contributed by atoms with Crippen molar-refractivity contribution in [3.05, 3.63) is 0 Å². The maximum Gasteiger partial charge on any atom is 0.222 e. The fourth-order valence-corrected chi connectivity index (χ4v) is 2.76. The second kappa shape index (κ2) is 8.71. The molecule has 1 saturated heterocycles. The molecule has 0 saturated carbocycles. The van der Waals surface area contributed by atoms with Crippen molar-refractivity contribution >= 4 is 5.91 Å². The van der Waals surface area contributed by atoms with Crippen LogP contribution >= 0.6 is 0 Å². The number of carbonyl (C=O) groups excluding carboxylic acids is 1. The van der Waals surface area contributed by atoms with Crippen LogP contribution in [0.4, 0.5) is 0 Å². The Morgan fingerprint density at radius 2 is 2.19 bits per heavy atom. The summed E-state index contributed by atoms with van der Waals surface area (Å²) in [6.45, 7) is 11.4. The molecular weight excluding hydrogens is 266 g/mol. The highest BCUT2D eigenvalue weighted by Crippen LogP contribution is 2.17. The Balaban J connectivity index is 2.48. The van der Waals surface area contributed by atoms with Gasteiger partial charge in [0, 0.05) is 37.7 Å². The van der Waals surface area contributed by atoms with Crippen LogP contribution < -0.4 is 11.1 Å². The molecule has 5 heteroatoms. The molecule has 3 N–H and O–H groups in total. The Bertz CT molecular complexity index is 315. The Morgan fingerprint density at radius 3 is 2.76 bits per heavy atom. The fraction of sp³-hybridized carbons (Fsp3) is 0.938. The number of nitrogens with zero attached hydrogens (tertiary/aromatic N) is 1. The van der Waals surface area contributed by atoms with E-state index in [1.807, 2.05) is 20.8 Å². The molecule has 0 spiro atoms. The van der Waals surface area contributed by atoms with Gasteiger partial charge >= 0.3 is 0 Å². The van der Waals surface area contributed by atoms with Gasteiger partial charge in [0.25, 0.3) is 0 Å². The van der Waals surface area contributed by atoms with Gasteiger partial charge in [-0.25, -0.2) is 0 Å². The molecule has 1 amide bonds. The van der Waals surface area contributed by atoms with Gasteiger partial charge in [0.15, 0.2) is 0 Å². The highest BCUT2D eigenvalue weighted by molar-refractivity contribution is 5.77. The van der Waals surface area contributed by atoms with E-state index >= 15 is 0 Å². The molecule has 0 aliphatic carbocycles. The summed E-state index contributed by atoms with van der Waals surface area (Å²) in [5.41, 5.74) is 5.71. The highest BCUT2D eigenvalue weighted by Gasteiger charge is 2.27. The molecule has 2 unspecified atom stereocenters. The van der Waals surface area contributed by atoms with E-state index in [4.69, 9.17) is 10.5 Å². The number of hydrogen-bond acceptors (Lipinski definition) is 4. The Labute approximate surface area is 129 Å². The quantitative estimate of drug-likeness (QED) is 0.748. The number of rotatable bonds is 7. The molecular formula is C16H33N3O2. The van der Waals surface area contributed by atoms with Gasteiger partial charge in [-0.3, -0.25) is 9.69 Å². The topological polar surface area (TPSA) is 67.6 Å². The van der Waals surface area contributed by atoms with E-state index in [1.165, 1.54) is 0 Å². The molecule has 1 aliphatic heterocycles. The second-order valence-electron chi connectivity index (χ2n) is 7.02. The molecule has 0 bridgehead atoms. The van der Waals surface area contributed by atoms with Crippen molar-refractivity contribution in [1.82, 2.24) is 10.2 Å². The summed E-state index contributed by atoms with van der Waals surface area (Å²) in [6, 6.07) is 0.111. The normalized spacial score (nSPS) is 22.0. The van der Waals surface area contributed by atoms with E-state index < -0.39 is 0 Å². The summed E-state index contributed by atoms with van der Waals surface area (Å²) in [6.07, 6.45) is 4.03. The molecule has 0 aromatic heterocycles. The lowest BCUT2D eigenvalue weighted by molar-refractivity contribution is -0.124. The lowest BCUT2D eigenvalue weighted by atomic mass is 10.0. The number of hydrogen-bond donors (Lipinski definition) is 2. The van der Waals surface area contributed by atoms with Crippen LogP contribution in [0.3, 0.4) is 0 Å². The highest BCUT2D eigenvalue weighted by atomic mass is 16.5. The summed E-state index contributed by atoms with van der Waals surface area (Å²) in [4.78, 5) is 14.4. The molecule has 1 heterocycles. The number of piperidine rings is 1. The first kappa shape index (κ1) is 18.4. The monoisotopic (exact) mass is 299 g/mol. The van der Waals surface area contributed by atoms with Crippen molar-refractivity contribution in [2.45, 2.75) is 71.1 Å². The largest absolute Gasteiger partial charge is 0.377 e. The zero-order valence-electron chi connectivity index (χ0n) is 14.2. The van der Waals surface area contributed by atoms with Crippen molar-refractivity contribution in [3.8, 4) is 0 Å². The van der Waals surface area contributed by atoms with E-state index in [0.29, 0.717) is 19.1 Å². The Kier molecular flexibility index (Phi) is 7.63. The number of ether oxygens (including phenoxy) is 1. The van der Waals surface area contributed by atoms with Crippen LogP contribution in [-0.2, 0) is 9.53 Å². The van der Waals surface area contributed by atoms with Crippen LogP contribution in [0.1, 0.15) is 53.4 Å². The van der Waals surface area contributed by atoms with Crippen molar-refractivity contribution in [2.75, 3.05) is 26.2 Å². The van der Waals surface area contributed by atoms with E-state index in [0.717, 1.165) is 39.0 Å². The number of nitrogens with one attached hydrogen (secondary N) is 1. The number of nitrogens with two attached hydrogens (primary N) is 1. The summed E-state index contributed by atoms with van der Waals surface area (Å²) in [5.74, 6) is 0.0783. The molecule has 5 nitrogen and oxygen atoms in total. The molecule has 1 fully saturated rings. The molecule has 124 valence electrons. The lowest BCUT2D eigenvalue weighted by Gasteiger charge is -2.37. The molecule has 1 rings (SSSR count). The molecule has 2 atom stereocenters. The van der Waals surface area contributed by atoms with Crippen LogP contribution in [0.15, 0.2) is 0 Å². The van der Waals surface area contributed by atoms with Crippen molar-refractivity contribution < 1.29 is 9.53 Å². The zero-order chi connectivity index (χ0) is 15.9. The molecule has 0 aromatic carbocycles. The second-order valence-corrected chi connectivity index (χ2v) is 7.02. The van der Waals surface area contributed by atoms with Gasteiger partial charge in [-0.1, -0.05) is 6.92 Å². The van der Waals surface area contributed by atoms with Crippen molar-refractivity contribution in [2.24, 2.45) is 5.73 Å². The SMILES string of the molecule is CCCOC1CCCN(C(CN)CC(=O)NC(C)(C)C)C1. The minimum absolute atomic E-state index is 0.0783. The predicted molar refractivity (Wildman–Crippen MR) is 86.2 cm³/mol. The third kappa shape index (κ3) is 7.25. The van der Waals surface area contributed by atoms with Gasteiger partial charge < -0.3 is 15.8 Å². The van der Waals surface area contributed by atoms with Gasteiger partial charge in [-0.2, -0.15) is 0 Å². The minimum Gasteiger partial charge on any atom is -0.377 e. The number of carbonyl (C=O) groups is 1. The lowest BCUT2D eigenvalue weighted by Crippen LogP contribution is -2.51. The molecule has 0 aromatic rings. The first-order chi connectivity index (χ1) is 9.85. The Hall–Kier alpha value is -0.650. The summed E-state index contributed by atoms with van der Waals surface area (Å²) < 4.78 is 5.86. The minimum atomic E-state index is -0.190. The van der Waals surface area contributed by atoms with Crippen molar-refractivity contribution in [1.29, 1.82) is 0 Å². The van der Waals surface area contributed by atoms with Crippen LogP contribution in [0, 0.1) is 0 Å². The van der Waals surface area contributed by atoms with Gasteiger partial charge in [-0.05, 0) is 46.6 Å². The molecule has 0 radical (unpaired) electrons. The fourth-order valence-electron chi connectivity index (χ4n) is 2.76.